The van der Waals surface area contributed by atoms with Crippen molar-refractivity contribution in [1.82, 2.24) is 4.98 Å². The molecule has 0 aliphatic carbocycles. The number of ether oxygens (including phenoxy) is 2. The van der Waals surface area contributed by atoms with E-state index in [1.807, 2.05) is 24.3 Å². The van der Waals surface area contributed by atoms with Gasteiger partial charge in [-0.15, -0.1) is 11.3 Å². The number of rotatable bonds is 4. The van der Waals surface area contributed by atoms with Crippen LogP contribution in [0.1, 0.15) is 25.6 Å². The van der Waals surface area contributed by atoms with Crippen molar-refractivity contribution in [3.05, 3.63) is 63.8 Å². The third kappa shape index (κ3) is 3.11. The molecule has 2 aromatic heterocycles. The van der Waals surface area contributed by atoms with Gasteiger partial charge in [0.2, 0.25) is 0 Å². The number of hydrogen-bond donors (Lipinski definition) is 0. The molecule has 24 heavy (non-hydrogen) atoms. The van der Waals surface area contributed by atoms with Crippen molar-refractivity contribution < 1.29 is 19.1 Å². The Kier molecular flexibility index (Phi) is 4.78. The van der Waals surface area contributed by atoms with Crippen LogP contribution < -0.4 is 0 Å². The van der Waals surface area contributed by atoms with Gasteiger partial charge >= 0.3 is 11.9 Å². The predicted octanol–water partition coefficient (Wildman–Crippen LogP) is 4.09. The van der Waals surface area contributed by atoms with Crippen LogP contribution in [0.15, 0.2) is 42.7 Å². The van der Waals surface area contributed by atoms with E-state index in [-0.39, 0.29) is 17.7 Å². The van der Waals surface area contributed by atoms with E-state index < -0.39 is 11.9 Å². The van der Waals surface area contributed by atoms with Crippen molar-refractivity contribution in [2.75, 3.05) is 7.11 Å². The Morgan fingerprint density at radius 3 is 2.71 bits per heavy atom. The van der Waals surface area contributed by atoms with E-state index in [0.29, 0.717) is 5.02 Å². The van der Waals surface area contributed by atoms with Gasteiger partial charge in [-0.05, 0) is 12.1 Å². The zero-order chi connectivity index (χ0) is 17.1. The quantitative estimate of drug-likeness (QED) is 0.655. The van der Waals surface area contributed by atoms with Gasteiger partial charge in [-0.1, -0.05) is 29.8 Å². The summed E-state index contributed by atoms with van der Waals surface area (Å²) < 4.78 is 11.0. The van der Waals surface area contributed by atoms with Crippen molar-refractivity contribution in [3.63, 3.8) is 0 Å². The van der Waals surface area contributed by atoms with Gasteiger partial charge in [0.05, 0.1) is 28.1 Å². The smallest absolute Gasteiger partial charge is 0.340 e. The zero-order valence-corrected chi connectivity index (χ0v) is 14.2. The first-order valence-electron chi connectivity index (χ1n) is 6.97. The van der Waals surface area contributed by atoms with Crippen molar-refractivity contribution in [2.24, 2.45) is 0 Å². The number of thiophene rings is 1. The third-order valence-corrected chi connectivity index (χ3v) is 5.07. The molecule has 0 unspecified atom stereocenters. The van der Waals surface area contributed by atoms with E-state index in [4.69, 9.17) is 16.3 Å². The highest BCUT2D eigenvalue weighted by molar-refractivity contribution is 7.19. The van der Waals surface area contributed by atoms with Crippen LogP contribution >= 0.6 is 22.9 Å². The van der Waals surface area contributed by atoms with Gasteiger partial charge in [-0.25, -0.2) is 9.59 Å². The first-order chi connectivity index (χ1) is 11.6. The molecule has 122 valence electrons. The van der Waals surface area contributed by atoms with E-state index >= 15 is 0 Å². The minimum absolute atomic E-state index is 0.0204. The number of nitrogens with zero attached hydrogens (tertiary/aromatic N) is 1. The highest BCUT2D eigenvalue weighted by Gasteiger charge is 2.20. The fraction of sp³-hybridized carbons (Fsp3) is 0.118. The van der Waals surface area contributed by atoms with Crippen LogP contribution in [0, 0.1) is 0 Å². The van der Waals surface area contributed by atoms with Crippen LogP contribution in [0.25, 0.3) is 10.1 Å². The van der Waals surface area contributed by atoms with Crippen LogP contribution in [0.2, 0.25) is 5.02 Å². The van der Waals surface area contributed by atoms with Gasteiger partial charge in [0.15, 0.2) is 0 Å². The number of fused-ring (bicyclic) bond motifs is 1. The Bertz CT molecular complexity index is 922. The average Bonchev–Trinajstić information content (AvgIpc) is 2.95. The SMILES string of the molecule is COC(=O)c1ccncc1C(=O)OCc1sc2ccccc2c1Cl. The van der Waals surface area contributed by atoms with Crippen molar-refractivity contribution in [2.45, 2.75) is 6.61 Å². The molecule has 0 aliphatic rings. The minimum atomic E-state index is -0.656. The van der Waals surface area contributed by atoms with Crippen LogP contribution in [-0.2, 0) is 16.1 Å². The van der Waals surface area contributed by atoms with Crippen molar-refractivity contribution in [1.29, 1.82) is 0 Å². The molecule has 0 radical (unpaired) electrons. The van der Waals surface area contributed by atoms with E-state index in [9.17, 15) is 9.59 Å². The molecule has 0 N–H and O–H groups in total. The maximum Gasteiger partial charge on any atom is 0.340 e. The molecule has 2 heterocycles. The Labute approximate surface area is 146 Å². The summed E-state index contributed by atoms with van der Waals surface area (Å²) >= 11 is 7.78. The third-order valence-electron chi connectivity index (χ3n) is 3.38. The lowest BCUT2D eigenvalue weighted by Crippen LogP contribution is -2.13. The lowest BCUT2D eigenvalue weighted by atomic mass is 10.1. The number of methoxy groups -OCH3 is 1. The largest absolute Gasteiger partial charge is 0.465 e. The van der Waals surface area contributed by atoms with E-state index in [2.05, 4.69) is 9.72 Å². The average molecular weight is 362 g/mol. The van der Waals surface area contributed by atoms with Gasteiger partial charge in [0.1, 0.15) is 6.61 Å². The van der Waals surface area contributed by atoms with Crippen molar-refractivity contribution in [3.8, 4) is 0 Å². The Hall–Kier alpha value is -2.44. The monoisotopic (exact) mass is 361 g/mol. The summed E-state index contributed by atoms with van der Waals surface area (Å²) in [6.45, 7) is 0.0204. The normalized spacial score (nSPS) is 10.6. The lowest BCUT2D eigenvalue weighted by molar-refractivity contribution is 0.0461. The number of halogens is 1. The number of hydrogen-bond acceptors (Lipinski definition) is 6. The maximum absolute atomic E-state index is 12.3. The predicted molar refractivity (Wildman–Crippen MR) is 91.5 cm³/mol. The highest BCUT2D eigenvalue weighted by atomic mass is 35.5. The first kappa shape index (κ1) is 16.4. The molecular formula is C17H12ClNO4S. The second kappa shape index (κ2) is 6.98. The number of carbonyl (C=O) groups is 2. The molecule has 1 aromatic carbocycles. The van der Waals surface area contributed by atoms with Gasteiger partial charge in [-0.3, -0.25) is 4.98 Å². The second-order valence-corrected chi connectivity index (χ2v) is 6.34. The molecule has 0 fully saturated rings. The summed E-state index contributed by atoms with van der Waals surface area (Å²) in [6.07, 6.45) is 2.69. The summed E-state index contributed by atoms with van der Waals surface area (Å²) in [5, 5.41) is 1.50. The fourth-order valence-electron chi connectivity index (χ4n) is 2.21. The van der Waals surface area contributed by atoms with E-state index in [0.717, 1.165) is 15.0 Å². The van der Waals surface area contributed by atoms with Crippen LogP contribution in [0.5, 0.6) is 0 Å². The maximum atomic E-state index is 12.3. The van der Waals surface area contributed by atoms with Gasteiger partial charge in [0, 0.05) is 22.5 Å². The summed E-state index contributed by atoms with van der Waals surface area (Å²) in [6, 6.07) is 9.09. The number of pyridine rings is 1. The lowest BCUT2D eigenvalue weighted by Gasteiger charge is -2.07. The van der Waals surface area contributed by atoms with Gasteiger partial charge in [-0.2, -0.15) is 0 Å². The summed E-state index contributed by atoms with van der Waals surface area (Å²) in [7, 11) is 1.24. The Balaban J connectivity index is 1.81. The van der Waals surface area contributed by atoms with Crippen LogP contribution in [0.4, 0.5) is 0 Å². The molecular weight excluding hydrogens is 350 g/mol. The highest BCUT2D eigenvalue weighted by Crippen LogP contribution is 2.35. The van der Waals surface area contributed by atoms with E-state index in [1.165, 1.54) is 36.9 Å². The van der Waals surface area contributed by atoms with Crippen LogP contribution in [-0.4, -0.2) is 24.0 Å². The topological polar surface area (TPSA) is 65.5 Å². The Morgan fingerprint density at radius 2 is 1.96 bits per heavy atom. The summed E-state index contributed by atoms with van der Waals surface area (Å²) in [5.41, 5.74) is 0.168. The van der Waals surface area contributed by atoms with Gasteiger partial charge < -0.3 is 9.47 Å². The molecule has 0 aliphatic heterocycles. The molecule has 0 bridgehead atoms. The zero-order valence-electron chi connectivity index (χ0n) is 12.6. The molecule has 0 amide bonds. The molecule has 0 spiro atoms. The molecule has 0 saturated carbocycles. The summed E-state index contributed by atoms with van der Waals surface area (Å²) in [5.74, 6) is -1.28. The molecule has 0 saturated heterocycles. The first-order valence-corrected chi connectivity index (χ1v) is 8.16. The molecule has 3 rings (SSSR count). The number of carbonyl (C=O) groups excluding carboxylic acids is 2. The van der Waals surface area contributed by atoms with Gasteiger partial charge in [0.25, 0.3) is 0 Å². The minimum Gasteiger partial charge on any atom is -0.465 e. The molecule has 0 atom stereocenters. The summed E-state index contributed by atoms with van der Waals surface area (Å²) in [4.78, 5) is 28.6. The fourth-order valence-corrected chi connectivity index (χ4v) is 3.61. The molecule has 7 heteroatoms. The number of benzene rings is 1. The van der Waals surface area contributed by atoms with E-state index in [1.54, 1.807) is 0 Å². The van der Waals surface area contributed by atoms with Crippen molar-refractivity contribution >= 4 is 45.0 Å². The molecule has 5 nitrogen and oxygen atoms in total. The number of esters is 2. The standard InChI is InChI=1S/C17H12ClNO4S/c1-22-16(20)10-6-7-19-8-12(10)17(21)23-9-14-15(18)11-4-2-3-5-13(11)24-14/h2-8H,9H2,1H3. The second-order valence-electron chi connectivity index (χ2n) is 4.82. The number of aromatic nitrogens is 1. The Morgan fingerprint density at radius 1 is 1.17 bits per heavy atom. The van der Waals surface area contributed by atoms with Crippen LogP contribution in [0.3, 0.4) is 0 Å². The molecule has 3 aromatic rings.